The third kappa shape index (κ3) is 3.58. The molecule has 2 nitrogen and oxygen atoms in total. The molecule has 0 spiro atoms. The zero-order valence-corrected chi connectivity index (χ0v) is 10.3. The van der Waals surface area contributed by atoms with Crippen molar-refractivity contribution in [3.8, 4) is 0 Å². The van der Waals surface area contributed by atoms with Gasteiger partial charge in [-0.1, -0.05) is 27.5 Å². The molecule has 0 aliphatic carbocycles. The van der Waals surface area contributed by atoms with Gasteiger partial charge in [0.05, 0.1) is 6.61 Å². The van der Waals surface area contributed by atoms with Crippen LogP contribution in [0.25, 0.3) is 0 Å². The third-order valence-corrected chi connectivity index (χ3v) is 2.93. The molecule has 78 valence electrons. The van der Waals surface area contributed by atoms with Crippen LogP contribution in [0.15, 0.2) is 22.7 Å². The van der Waals surface area contributed by atoms with Crippen LogP contribution in [0.4, 0.5) is 0 Å². The Morgan fingerprint density at radius 1 is 1.57 bits per heavy atom. The maximum Gasteiger partial charge on any atom is 0.0582 e. The lowest BCUT2D eigenvalue weighted by molar-refractivity contribution is 0.251. The van der Waals surface area contributed by atoms with E-state index in [1.807, 2.05) is 25.1 Å². The van der Waals surface area contributed by atoms with E-state index in [0.717, 1.165) is 15.1 Å². The molecular formula is C10H13BrClNO. The highest BCUT2D eigenvalue weighted by Crippen LogP contribution is 2.20. The summed E-state index contributed by atoms with van der Waals surface area (Å²) < 4.78 is 1.03. The van der Waals surface area contributed by atoms with Gasteiger partial charge in [0.15, 0.2) is 0 Å². The summed E-state index contributed by atoms with van der Waals surface area (Å²) >= 11 is 9.31. The van der Waals surface area contributed by atoms with Crippen molar-refractivity contribution in [1.29, 1.82) is 0 Å². The Balaban J connectivity index is 2.62. The van der Waals surface area contributed by atoms with Crippen LogP contribution < -0.4 is 5.32 Å². The summed E-state index contributed by atoms with van der Waals surface area (Å²) in [5.74, 6) is 0. The zero-order chi connectivity index (χ0) is 10.6. The Morgan fingerprint density at radius 3 is 2.93 bits per heavy atom. The van der Waals surface area contributed by atoms with E-state index in [-0.39, 0.29) is 12.6 Å². The molecule has 0 heterocycles. The summed E-state index contributed by atoms with van der Waals surface area (Å²) in [5, 5.41) is 12.7. The monoisotopic (exact) mass is 277 g/mol. The van der Waals surface area contributed by atoms with Gasteiger partial charge >= 0.3 is 0 Å². The van der Waals surface area contributed by atoms with E-state index in [1.165, 1.54) is 0 Å². The number of benzene rings is 1. The van der Waals surface area contributed by atoms with E-state index in [9.17, 15) is 0 Å². The van der Waals surface area contributed by atoms with Crippen LogP contribution in [-0.4, -0.2) is 17.8 Å². The fourth-order valence-electron chi connectivity index (χ4n) is 1.03. The van der Waals surface area contributed by atoms with Crippen LogP contribution in [0.3, 0.4) is 0 Å². The second-order valence-corrected chi connectivity index (χ2v) is 4.49. The molecule has 0 radical (unpaired) electrons. The van der Waals surface area contributed by atoms with Gasteiger partial charge in [0.25, 0.3) is 0 Å². The van der Waals surface area contributed by atoms with Gasteiger partial charge in [-0.05, 0) is 30.7 Å². The minimum atomic E-state index is 0.0980. The molecule has 0 bridgehead atoms. The smallest absolute Gasteiger partial charge is 0.0582 e. The molecule has 2 N–H and O–H groups in total. The number of hydrogen-bond acceptors (Lipinski definition) is 2. The summed E-state index contributed by atoms with van der Waals surface area (Å²) in [4.78, 5) is 0. The van der Waals surface area contributed by atoms with Crippen molar-refractivity contribution in [2.24, 2.45) is 0 Å². The molecule has 1 atom stereocenters. The first-order valence-electron chi connectivity index (χ1n) is 4.41. The second kappa shape index (κ2) is 5.71. The Hall–Kier alpha value is -0.0900. The summed E-state index contributed by atoms with van der Waals surface area (Å²) in [5.41, 5.74) is 1.10. The molecule has 1 aromatic carbocycles. The molecule has 0 aliphatic heterocycles. The maximum atomic E-state index is 8.84. The van der Waals surface area contributed by atoms with Crippen LogP contribution in [0.5, 0.6) is 0 Å². The predicted molar refractivity (Wildman–Crippen MR) is 62.5 cm³/mol. The highest BCUT2D eigenvalue weighted by atomic mass is 79.9. The third-order valence-electron chi connectivity index (χ3n) is 1.92. The van der Waals surface area contributed by atoms with E-state index in [4.69, 9.17) is 16.7 Å². The topological polar surface area (TPSA) is 32.3 Å². The summed E-state index contributed by atoms with van der Waals surface area (Å²) in [7, 11) is 0. The molecule has 4 heteroatoms. The minimum absolute atomic E-state index is 0.0980. The van der Waals surface area contributed by atoms with E-state index in [2.05, 4.69) is 21.2 Å². The van der Waals surface area contributed by atoms with Crippen molar-refractivity contribution in [3.05, 3.63) is 33.3 Å². The normalized spacial score (nSPS) is 12.9. The van der Waals surface area contributed by atoms with Crippen LogP contribution in [0, 0.1) is 0 Å². The number of rotatable bonds is 4. The first kappa shape index (κ1) is 12.0. The first-order chi connectivity index (χ1) is 6.63. The highest BCUT2D eigenvalue weighted by molar-refractivity contribution is 9.10. The molecule has 0 saturated heterocycles. The average Bonchev–Trinajstić information content (AvgIpc) is 2.19. The summed E-state index contributed by atoms with van der Waals surface area (Å²) in [6.45, 7) is 2.76. The Morgan fingerprint density at radius 2 is 2.29 bits per heavy atom. The van der Waals surface area contributed by atoms with Crippen LogP contribution in [-0.2, 0) is 6.54 Å². The van der Waals surface area contributed by atoms with Gasteiger partial charge in [-0.15, -0.1) is 0 Å². The lowest BCUT2D eigenvalue weighted by atomic mass is 10.2. The van der Waals surface area contributed by atoms with Gasteiger partial charge in [0.1, 0.15) is 0 Å². The average molecular weight is 279 g/mol. The quantitative estimate of drug-likeness (QED) is 0.887. The van der Waals surface area contributed by atoms with E-state index in [1.54, 1.807) is 0 Å². The molecule has 0 aromatic heterocycles. The molecule has 0 saturated carbocycles. The Bertz CT molecular complexity index is 306. The van der Waals surface area contributed by atoms with E-state index >= 15 is 0 Å². The number of halogens is 2. The first-order valence-corrected chi connectivity index (χ1v) is 5.58. The molecule has 14 heavy (non-hydrogen) atoms. The van der Waals surface area contributed by atoms with Gasteiger partial charge in [-0.3, -0.25) is 0 Å². The van der Waals surface area contributed by atoms with Gasteiger partial charge in [-0.25, -0.2) is 0 Å². The van der Waals surface area contributed by atoms with E-state index in [0.29, 0.717) is 6.54 Å². The van der Waals surface area contributed by atoms with Crippen molar-refractivity contribution in [2.75, 3.05) is 6.61 Å². The SMILES string of the molecule is C[C@H](CO)NCc1cc(Cl)ccc1Br. The number of aliphatic hydroxyl groups excluding tert-OH is 1. The molecule has 0 aliphatic rings. The Labute approximate surface area is 97.4 Å². The van der Waals surface area contributed by atoms with Crippen molar-refractivity contribution in [1.82, 2.24) is 5.32 Å². The fraction of sp³-hybridized carbons (Fsp3) is 0.400. The molecule has 0 fully saturated rings. The summed E-state index contributed by atoms with van der Waals surface area (Å²) in [6, 6.07) is 5.76. The number of hydrogen-bond donors (Lipinski definition) is 2. The van der Waals surface area contributed by atoms with Crippen molar-refractivity contribution in [3.63, 3.8) is 0 Å². The largest absolute Gasteiger partial charge is 0.395 e. The summed E-state index contributed by atoms with van der Waals surface area (Å²) in [6.07, 6.45) is 0. The van der Waals surface area contributed by atoms with Gasteiger partial charge in [0, 0.05) is 22.1 Å². The van der Waals surface area contributed by atoms with Crippen molar-refractivity contribution >= 4 is 27.5 Å². The molecule has 1 aromatic rings. The van der Waals surface area contributed by atoms with Crippen molar-refractivity contribution in [2.45, 2.75) is 19.5 Å². The van der Waals surface area contributed by atoms with Gasteiger partial charge in [0.2, 0.25) is 0 Å². The lowest BCUT2D eigenvalue weighted by Gasteiger charge is -2.11. The van der Waals surface area contributed by atoms with Crippen LogP contribution >= 0.6 is 27.5 Å². The van der Waals surface area contributed by atoms with Crippen molar-refractivity contribution < 1.29 is 5.11 Å². The van der Waals surface area contributed by atoms with Crippen LogP contribution in [0.2, 0.25) is 5.02 Å². The Kier molecular flexibility index (Phi) is 4.89. The standard InChI is InChI=1S/C10H13BrClNO/c1-7(6-14)13-5-8-4-9(12)2-3-10(8)11/h2-4,7,13-14H,5-6H2,1H3/t7-/m1/s1. The number of nitrogens with one attached hydrogen (secondary N) is 1. The zero-order valence-electron chi connectivity index (χ0n) is 7.93. The second-order valence-electron chi connectivity index (χ2n) is 3.20. The van der Waals surface area contributed by atoms with Gasteiger partial charge in [-0.2, -0.15) is 0 Å². The molecule has 0 amide bonds. The van der Waals surface area contributed by atoms with Crippen LogP contribution in [0.1, 0.15) is 12.5 Å². The maximum absolute atomic E-state index is 8.84. The fourth-order valence-corrected chi connectivity index (χ4v) is 1.61. The predicted octanol–water partition coefficient (Wildman–Crippen LogP) is 2.57. The molecule has 0 unspecified atom stereocenters. The van der Waals surface area contributed by atoms with E-state index < -0.39 is 0 Å². The molecular weight excluding hydrogens is 265 g/mol. The molecule has 1 rings (SSSR count). The lowest BCUT2D eigenvalue weighted by Crippen LogP contribution is -2.28. The minimum Gasteiger partial charge on any atom is -0.395 e. The number of aliphatic hydroxyl groups is 1. The highest BCUT2D eigenvalue weighted by Gasteiger charge is 2.03. The van der Waals surface area contributed by atoms with Gasteiger partial charge < -0.3 is 10.4 Å².